The lowest BCUT2D eigenvalue weighted by atomic mass is 9.66. The molecule has 1 spiro atoms. The zero-order valence-corrected chi connectivity index (χ0v) is 10.8. The van der Waals surface area contributed by atoms with E-state index >= 15 is 0 Å². The summed E-state index contributed by atoms with van der Waals surface area (Å²) >= 11 is 2.02. The molecule has 1 unspecified atom stereocenters. The van der Waals surface area contributed by atoms with Gasteiger partial charge in [-0.25, -0.2) is 0 Å². The van der Waals surface area contributed by atoms with E-state index in [4.69, 9.17) is 0 Å². The van der Waals surface area contributed by atoms with Crippen molar-refractivity contribution >= 4 is 11.8 Å². The van der Waals surface area contributed by atoms with Gasteiger partial charge < -0.3 is 0 Å². The van der Waals surface area contributed by atoms with Crippen LogP contribution in [0.3, 0.4) is 0 Å². The van der Waals surface area contributed by atoms with Crippen LogP contribution in [-0.4, -0.2) is 12.0 Å². The van der Waals surface area contributed by atoms with Crippen molar-refractivity contribution in [2.75, 3.05) is 12.0 Å². The van der Waals surface area contributed by atoms with Gasteiger partial charge >= 0.3 is 0 Å². The third kappa shape index (κ3) is 1.85. The summed E-state index contributed by atoms with van der Waals surface area (Å²) in [7, 11) is 0. The summed E-state index contributed by atoms with van der Waals surface area (Å²) in [6.45, 7) is 4.96. The topological polar surface area (TPSA) is 0 Å². The van der Waals surface area contributed by atoms with Crippen LogP contribution in [0.4, 0.5) is 0 Å². The molecule has 0 N–H and O–H groups in total. The van der Waals surface area contributed by atoms with Gasteiger partial charge in [-0.1, -0.05) is 20.3 Å². The fraction of sp³-hybridized carbons (Fsp3) is 1.00. The van der Waals surface area contributed by atoms with Crippen LogP contribution in [-0.2, 0) is 0 Å². The maximum Gasteiger partial charge on any atom is -0.00162 e. The van der Waals surface area contributed by atoms with E-state index in [1.54, 1.807) is 19.3 Å². The third-order valence-electron chi connectivity index (χ3n) is 4.74. The molecule has 14 heavy (non-hydrogen) atoms. The molecule has 0 heterocycles. The van der Waals surface area contributed by atoms with Gasteiger partial charge in [0.2, 0.25) is 0 Å². The molecule has 0 aromatic carbocycles. The van der Waals surface area contributed by atoms with Crippen molar-refractivity contribution in [3.63, 3.8) is 0 Å². The van der Waals surface area contributed by atoms with Crippen molar-refractivity contribution in [2.24, 2.45) is 16.7 Å². The summed E-state index contributed by atoms with van der Waals surface area (Å²) in [5.41, 5.74) is 1.42. The summed E-state index contributed by atoms with van der Waals surface area (Å²) in [6, 6.07) is 0. The van der Waals surface area contributed by atoms with Gasteiger partial charge in [-0.05, 0) is 60.9 Å². The molecule has 2 aliphatic rings. The largest absolute Gasteiger partial charge is 0.165 e. The molecule has 0 aromatic rings. The average molecular weight is 212 g/mol. The van der Waals surface area contributed by atoms with Gasteiger partial charge in [-0.15, -0.1) is 0 Å². The molecule has 0 radical (unpaired) electrons. The first kappa shape index (κ1) is 10.9. The van der Waals surface area contributed by atoms with Crippen molar-refractivity contribution in [1.82, 2.24) is 0 Å². The highest BCUT2D eigenvalue weighted by molar-refractivity contribution is 7.98. The van der Waals surface area contributed by atoms with Crippen LogP contribution in [0, 0.1) is 16.7 Å². The predicted octanol–water partition coefficient (Wildman–Crippen LogP) is 4.35. The molecule has 2 aliphatic carbocycles. The van der Waals surface area contributed by atoms with E-state index in [9.17, 15) is 0 Å². The molecule has 2 rings (SSSR count). The molecule has 0 aromatic heterocycles. The summed E-state index contributed by atoms with van der Waals surface area (Å²) < 4.78 is 0. The zero-order valence-electron chi connectivity index (χ0n) is 9.94. The molecule has 82 valence electrons. The molecule has 0 nitrogen and oxygen atoms in total. The molecule has 0 aliphatic heterocycles. The molecule has 0 amide bonds. The molecule has 2 saturated carbocycles. The second-order valence-electron chi connectivity index (χ2n) is 6.21. The molecule has 0 saturated heterocycles. The van der Waals surface area contributed by atoms with Crippen LogP contribution >= 0.6 is 11.8 Å². The lowest BCUT2D eigenvalue weighted by Crippen LogP contribution is -2.30. The second kappa shape index (κ2) is 3.73. The van der Waals surface area contributed by atoms with Crippen LogP contribution in [0.2, 0.25) is 0 Å². The van der Waals surface area contributed by atoms with Gasteiger partial charge in [0.15, 0.2) is 0 Å². The molecule has 1 atom stereocenters. The highest BCUT2D eigenvalue weighted by atomic mass is 32.2. The van der Waals surface area contributed by atoms with E-state index in [0.717, 1.165) is 11.3 Å². The van der Waals surface area contributed by atoms with Crippen LogP contribution in [0.1, 0.15) is 52.4 Å². The van der Waals surface area contributed by atoms with E-state index in [0.29, 0.717) is 5.41 Å². The van der Waals surface area contributed by atoms with Crippen molar-refractivity contribution < 1.29 is 0 Å². The van der Waals surface area contributed by atoms with Crippen molar-refractivity contribution in [1.29, 1.82) is 0 Å². The Morgan fingerprint density at radius 2 is 2.00 bits per heavy atom. The Balaban J connectivity index is 1.94. The van der Waals surface area contributed by atoms with E-state index in [-0.39, 0.29) is 0 Å². The average Bonchev–Trinajstić information content (AvgIpc) is 2.47. The minimum absolute atomic E-state index is 0.582. The van der Waals surface area contributed by atoms with Gasteiger partial charge in [0.25, 0.3) is 0 Å². The van der Waals surface area contributed by atoms with Crippen molar-refractivity contribution in [3.8, 4) is 0 Å². The first-order valence-corrected chi connectivity index (χ1v) is 7.46. The number of rotatable bonds is 3. The molecular formula is C13H24S. The standard InChI is InChI=1S/C13H24S/c1-12(2,10-14-3)11-5-8-13(9-11)6-4-7-13/h11H,4-10H2,1-3H3. The smallest absolute Gasteiger partial charge is 0.00162 e. The first-order chi connectivity index (χ1) is 6.58. The van der Waals surface area contributed by atoms with E-state index < -0.39 is 0 Å². The third-order valence-corrected chi connectivity index (χ3v) is 5.77. The predicted molar refractivity (Wildman–Crippen MR) is 65.8 cm³/mol. The summed E-state index contributed by atoms with van der Waals surface area (Å²) in [5.74, 6) is 2.35. The van der Waals surface area contributed by atoms with Crippen LogP contribution in [0.5, 0.6) is 0 Å². The van der Waals surface area contributed by atoms with Crippen molar-refractivity contribution in [3.05, 3.63) is 0 Å². The summed E-state index contributed by atoms with van der Waals surface area (Å²) in [4.78, 5) is 0. The quantitative estimate of drug-likeness (QED) is 0.670. The SMILES string of the molecule is CSCC(C)(C)C1CCC2(CCC2)C1. The Hall–Kier alpha value is 0.350. The Morgan fingerprint density at radius 3 is 2.43 bits per heavy atom. The zero-order chi connectivity index (χ0) is 10.2. The molecule has 0 bridgehead atoms. The van der Waals surface area contributed by atoms with Crippen LogP contribution < -0.4 is 0 Å². The molecule has 2 fully saturated rings. The molecular weight excluding hydrogens is 188 g/mol. The first-order valence-electron chi connectivity index (χ1n) is 6.07. The normalized spacial score (nSPS) is 30.6. The number of hydrogen-bond acceptors (Lipinski definition) is 1. The second-order valence-corrected chi connectivity index (χ2v) is 7.08. The maximum atomic E-state index is 2.48. The summed E-state index contributed by atoms with van der Waals surface area (Å²) in [6.07, 6.45) is 11.4. The lowest BCUT2D eigenvalue weighted by Gasteiger charge is -2.40. The lowest BCUT2D eigenvalue weighted by molar-refractivity contribution is 0.120. The van der Waals surface area contributed by atoms with Crippen molar-refractivity contribution in [2.45, 2.75) is 52.4 Å². The minimum Gasteiger partial charge on any atom is -0.165 e. The Labute approximate surface area is 93.2 Å². The number of hydrogen-bond donors (Lipinski definition) is 0. The van der Waals surface area contributed by atoms with E-state index in [1.165, 1.54) is 25.0 Å². The Bertz CT molecular complexity index is 203. The fourth-order valence-corrected chi connectivity index (χ4v) is 4.47. The van der Waals surface area contributed by atoms with Gasteiger partial charge in [-0.2, -0.15) is 11.8 Å². The van der Waals surface area contributed by atoms with Gasteiger partial charge in [0.05, 0.1) is 0 Å². The highest BCUT2D eigenvalue weighted by Crippen LogP contribution is 2.58. The highest BCUT2D eigenvalue weighted by Gasteiger charge is 2.47. The van der Waals surface area contributed by atoms with Crippen LogP contribution in [0.15, 0.2) is 0 Å². The fourth-order valence-electron chi connectivity index (χ4n) is 3.50. The minimum atomic E-state index is 0.582. The van der Waals surface area contributed by atoms with E-state index in [1.807, 2.05) is 11.8 Å². The number of thioether (sulfide) groups is 1. The summed E-state index contributed by atoms with van der Waals surface area (Å²) in [5, 5.41) is 0. The molecule has 1 heteroatoms. The van der Waals surface area contributed by atoms with Crippen LogP contribution in [0.25, 0.3) is 0 Å². The maximum absolute atomic E-state index is 2.48. The van der Waals surface area contributed by atoms with Gasteiger partial charge in [0, 0.05) is 0 Å². The Kier molecular flexibility index (Phi) is 2.90. The Morgan fingerprint density at radius 1 is 1.29 bits per heavy atom. The monoisotopic (exact) mass is 212 g/mol. The van der Waals surface area contributed by atoms with E-state index in [2.05, 4.69) is 20.1 Å². The van der Waals surface area contributed by atoms with Gasteiger partial charge in [0.1, 0.15) is 0 Å². The van der Waals surface area contributed by atoms with Gasteiger partial charge in [-0.3, -0.25) is 0 Å².